The summed E-state index contributed by atoms with van der Waals surface area (Å²) in [6.07, 6.45) is -11.0. The molecule has 0 atom stereocenters. The minimum Gasteiger partial charge on any atom is -0.462 e. The first-order chi connectivity index (χ1) is 10.8. The molecule has 140 valence electrons. The summed E-state index contributed by atoms with van der Waals surface area (Å²) in [7, 11) is 0. The summed E-state index contributed by atoms with van der Waals surface area (Å²) in [5, 5.41) is 0. The van der Waals surface area contributed by atoms with Crippen LogP contribution in [0.1, 0.15) is 33.1 Å². The van der Waals surface area contributed by atoms with Gasteiger partial charge in [-0.05, 0) is 12.3 Å². The molecule has 0 aromatic rings. The van der Waals surface area contributed by atoms with Crippen LogP contribution in [0.5, 0.6) is 0 Å². The van der Waals surface area contributed by atoms with E-state index in [9.17, 15) is 35.9 Å². The largest absolute Gasteiger partial charge is 0.462 e. The van der Waals surface area contributed by atoms with Crippen molar-refractivity contribution in [2.75, 3.05) is 13.2 Å². The Hall–Kier alpha value is -1.74. The molecule has 0 heterocycles. The molecule has 0 aliphatic rings. The van der Waals surface area contributed by atoms with Gasteiger partial charge in [0.25, 0.3) is 0 Å². The molecule has 0 saturated heterocycles. The summed E-state index contributed by atoms with van der Waals surface area (Å²) in [5.74, 6) is -2.47. The first-order valence-corrected chi connectivity index (χ1v) is 6.98. The van der Waals surface area contributed by atoms with Gasteiger partial charge in [-0.15, -0.1) is 0 Å². The average Bonchev–Trinajstić information content (AvgIpc) is 2.34. The van der Waals surface area contributed by atoms with Crippen molar-refractivity contribution in [3.8, 4) is 0 Å². The van der Waals surface area contributed by atoms with Crippen LogP contribution in [0.4, 0.5) is 26.3 Å². The van der Waals surface area contributed by atoms with E-state index >= 15 is 0 Å². The summed E-state index contributed by atoms with van der Waals surface area (Å²) < 4.78 is 80.5. The van der Waals surface area contributed by atoms with Crippen LogP contribution in [0.15, 0.2) is 11.6 Å². The molecule has 0 aliphatic heterocycles. The number of halogens is 6. The van der Waals surface area contributed by atoms with Crippen LogP contribution in [0, 0.1) is 5.92 Å². The predicted octanol–water partition coefficient (Wildman–Crippen LogP) is 3.95. The lowest BCUT2D eigenvalue weighted by Crippen LogP contribution is -2.18. The zero-order chi connectivity index (χ0) is 19.0. The molecule has 0 radical (unpaired) electrons. The number of carbonyl (C=O) groups is 2. The molecular weight excluding hydrogens is 346 g/mol. The summed E-state index contributed by atoms with van der Waals surface area (Å²) in [4.78, 5) is 23.1. The van der Waals surface area contributed by atoms with Crippen LogP contribution >= 0.6 is 0 Å². The number of hydrogen-bond acceptors (Lipinski definition) is 4. The van der Waals surface area contributed by atoms with Crippen molar-refractivity contribution >= 4 is 11.9 Å². The molecule has 0 aromatic carbocycles. The lowest BCUT2D eigenvalue weighted by molar-refractivity contribution is -0.159. The van der Waals surface area contributed by atoms with Crippen molar-refractivity contribution in [2.45, 2.75) is 45.5 Å². The van der Waals surface area contributed by atoms with E-state index in [1.165, 1.54) is 0 Å². The number of rotatable bonds is 8. The van der Waals surface area contributed by atoms with Crippen molar-refractivity contribution < 1.29 is 45.4 Å². The lowest BCUT2D eigenvalue weighted by Gasteiger charge is -2.12. The van der Waals surface area contributed by atoms with E-state index in [4.69, 9.17) is 0 Å². The second-order valence-corrected chi connectivity index (χ2v) is 5.30. The minimum absolute atomic E-state index is 0.000772. The molecule has 0 amide bonds. The van der Waals surface area contributed by atoms with Gasteiger partial charge in [0.1, 0.15) is 13.2 Å². The number of hydrogen-bond donors (Lipinski definition) is 0. The first-order valence-electron chi connectivity index (χ1n) is 6.98. The molecule has 0 bridgehead atoms. The van der Waals surface area contributed by atoms with Crippen LogP contribution in [0.2, 0.25) is 0 Å². The fraction of sp³-hybridized carbons (Fsp3) is 0.714. The Balaban J connectivity index is 4.67. The molecule has 4 nitrogen and oxygen atoms in total. The number of ether oxygens (including phenoxy) is 2. The fourth-order valence-electron chi connectivity index (χ4n) is 1.44. The molecule has 0 aliphatic carbocycles. The molecule has 0 aromatic heterocycles. The molecule has 24 heavy (non-hydrogen) atoms. The number of esters is 2. The Morgan fingerprint density at radius 2 is 1.38 bits per heavy atom. The molecule has 0 fully saturated rings. The smallest absolute Gasteiger partial charge is 0.392 e. The van der Waals surface area contributed by atoms with Crippen molar-refractivity contribution in [1.82, 2.24) is 0 Å². The third-order valence-corrected chi connectivity index (χ3v) is 2.43. The zero-order valence-corrected chi connectivity index (χ0v) is 13.1. The molecule has 0 N–H and O–H groups in total. The second-order valence-electron chi connectivity index (χ2n) is 5.30. The molecule has 0 spiro atoms. The maximum Gasteiger partial charge on any atom is 0.392 e. The minimum atomic E-state index is -4.50. The molecule has 0 rings (SSSR count). The number of carbonyl (C=O) groups excluding carboxylic acids is 2. The Kier molecular flexibility index (Phi) is 8.84. The van der Waals surface area contributed by atoms with E-state index < -0.39 is 50.3 Å². The van der Waals surface area contributed by atoms with E-state index in [0.717, 1.165) is 0 Å². The van der Waals surface area contributed by atoms with Gasteiger partial charge >= 0.3 is 24.3 Å². The van der Waals surface area contributed by atoms with E-state index in [1.807, 2.05) is 0 Å². The maximum atomic E-state index is 12.0. The van der Waals surface area contributed by atoms with Gasteiger partial charge in [-0.25, -0.2) is 9.59 Å². The predicted molar refractivity (Wildman–Crippen MR) is 70.8 cm³/mol. The quantitative estimate of drug-likeness (QED) is 0.372. The topological polar surface area (TPSA) is 52.6 Å². The summed E-state index contributed by atoms with van der Waals surface area (Å²) in [6.45, 7) is 1.51. The Morgan fingerprint density at radius 1 is 0.917 bits per heavy atom. The lowest BCUT2D eigenvalue weighted by atomic mass is 10.0. The van der Waals surface area contributed by atoms with Crippen LogP contribution in [0.25, 0.3) is 0 Å². The van der Waals surface area contributed by atoms with Gasteiger partial charge in [0.05, 0.1) is 12.8 Å². The van der Waals surface area contributed by atoms with Gasteiger partial charge in [0.2, 0.25) is 0 Å². The van der Waals surface area contributed by atoms with Crippen LogP contribution in [-0.2, 0) is 19.1 Å². The van der Waals surface area contributed by atoms with Crippen LogP contribution in [0.3, 0.4) is 0 Å². The molecule has 0 unspecified atom stereocenters. The van der Waals surface area contributed by atoms with E-state index in [2.05, 4.69) is 9.47 Å². The third kappa shape index (κ3) is 12.8. The van der Waals surface area contributed by atoms with E-state index in [-0.39, 0.29) is 17.9 Å². The highest BCUT2D eigenvalue weighted by molar-refractivity contribution is 5.96. The zero-order valence-electron chi connectivity index (χ0n) is 13.1. The highest BCUT2D eigenvalue weighted by Gasteiger charge is 2.28. The highest BCUT2D eigenvalue weighted by Crippen LogP contribution is 2.21. The van der Waals surface area contributed by atoms with Crippen molar-refractivity contribution in [1.29, 1.82) is 0 Å². The van der Waals surface area contributed by atoms with E-state index in [0.29, 0.717) is 6.08 Å². The third-order valence-electron chi connectivity index (χ3n) is 2.43. The van der Waals surface area contributed by atoms with E-state index in [1.54, 1.807) is 13.8 Å². The van der Waals surface area contributed by atoms with Crippen LogP contribution < -0.4 is 0 Å². The van der Waals surface area contributed by atoms with Crippen molar-refractivity contribution in [3.05, 3.63) is 11.6 Å². The van der Waals surface area contributed by atoms with Crippen LogP contribution in [-0.4, -0.2) is 37.5 Å². The first kappa shape index (κ1) is 22.3. The van der Waals surface area contributed by atoms with Gasteiger partial charge in [-0.1, -0.05) is 13.8 Å². The Morgan fingerprint density at radius 3 is 1.79 bits per heavy atom. The Bertz CT molecular complexity index is 451. The van der Waals surface area contributed by atoms with Gasteiger partial charge < -0.3 is 9.47 Å². The fourth-order valence-corrected chi connectivity index (χ4v) is 1.44. The summed E-state index contributed by atoms with van der Waals surface area (Å²) >= 11 is 0. The monoisotopic (exact) mass is 364 g/mol. The average molecular weight is 364 g/mol. The summed E-state index contributed by atoms with van der Waals surface area (Å²) in [5.41, 5.74) is -0.260. The van der Waals surface area contributed by atoms with Crippen molar-refractivity contribution in [3.63, 3.8) is 0 Å². The number of alkyl halides is 6. The standard InChI is InChI=1S/C14H18F6O4/c1-9(2)7-10(12(22)24-6-4-14(18,19)20)8-11(21)23-5-3-13(15,16)17/h8-9H,3-7H2,1-2H3. The normalized spacial score (nSPS) is 13.1. The van der Waals surface area contributed by atoms with Gasteiger partial charge in [-0.3, -0.25) is 0 Å². The van der Waals surface area contributed by atoms with Gasteiger partial charge in [-0.2, -0.15) is 26.3 Å². The van der Waals surface area contributed by atoms with Gasteiger partial charge in [0.15, 0.2) is 0 Å². The highest BCUT2D eigenvalue weighted by atomic mass is 19.4. The molecule has 10 heteroatoms. The molecule has 0 saturated carbocycles. The SMILES string of the molecule is CC(C)CC(=CC(=O)OCCC(F)(F)F)C(=O)OCCC(F)(F)F. The second kappa shape index (κ2) is 9.53. The Labute approximate surface area is 134 Å². The van der Waals surface area contributed by atoms with Gasteiger partial charge in [0, 0.05) is 11.6 Å². The van der Waals surface area contributed by atoms with Crippen molar-refractivity contribution in [2.24, 2.45) is 5.92 Å². The molecular formula is C14H18F6O4. The summed E-state index contributed by atoms with van der Waals surface area (Å²) in [6, 6.07) is 0. The maximum absolute atomic E-state index is 12.0.